The number of nitrogens with two attached hydrogens (primary N) is 1. The third kappa shape index (κ3) is 1.05. The summed E-state index contributed by atoms with van der Waals surface area (Å²) < 4.78 is 0. The van der Waals surface area contributed by atoms with E-state index in [4.69, 9.17) is 16.2 Å². The van der Waals surface area contributed by atoms with Crippen LogP contribution in [-0.4, -0.2) is 40.6 Å². The van der Waals surface area contributed by atoms with Crippen molar-refractivity contribution in [3.8, 4) is 0 Å². The molecule has 1 amide bonds. The predicted octanol–water partition coefficient (Wildman–Crippen LogP) is -1.99. The molecule has 1 heterocycles. The number of aliphatic hydroxyl groups is 2. The van der Waals surface area contributed by atoms with Gasteiger partial charge in [0.2, 0.25) is 11.9 Å². The van der Waals surface area contributed by atoms with E-state index in [0.717, 1.165) is 0 Å². The van der Waals surface area contributed by atoms with Gasteiger partial charge in [0.15, 0.2) is 0 Å². The van der Waals surface area contributed by atoms with Crippen LogP contribution in [0.5, 0.6) is 0 Å². The maximum absolute atomic E-state index is 12.0. The van der Waals surface area contributed by atoms with Crippen LogP contribution in [0.25, 0.3) is 0 Å². The number of amides is 1. The molecule has 0 aromatic heterocycles. The van der Waals surface area contributed by atoms with E-state index in [1.165, 1.54) is 0 Å². The van der Waals surface area contributed by atoms with Crippen LogP contribution in [-0.2, 0) is 4.79 Å². The van der Waals surface area contributed by atoms with Gasteiger partial charge in [-0.25, -0.2) is 0 Å². The van der Waals surface area contributed by atoms with Crippen LogP contribution in [0.3, 0.4) is 0 Å². The molecule has 7 nitrogen and oxygen atoms in total. The zero-order chi connectivity index (χ0) is 12.4. The summed E-state index contributed by atoms with van der Waals surface area (Å²) in [6.45, 7) is -0.0927. The molecule has 1 spiro atoms. The molecular formula is C10H14N4O3. The maximum Gasteiger partial charge on any atom is 0.241 e. The third-order valence-corrected chi connectivity index (χ3v) is 4.32. The fraction of sp³-hybridized carbons (Fsp3) is 0.700. The minimum Gasteiger partial charge on any atom is -0.396 e. The van der Waals surface area contributed by atoms with Crippen LogP contribution >= 0.6 is 0 Å². The van der Waals surface area contributed by atoms with E-state index in [1.54, 1.807) is 0 Å². The summed E-state index contributed by atoms with van der Waals surface area (Å²) in [6, 6.07) is 0. The molecular weight excluding hydrogens is 224 g/mol. The highest BCUT2D eigenvalue weighted by atomic mass is 16.3. The first-order chi connectivity index (χ1) is 8.03. The molecule has 2 aliphatic carbocycles. The molecule has 2 saturated carbocycles. The number of aliphatic hydroxyl groups excluding tert-OH is 2. The fourth-order valence-corrected chi connectivity index (χ4v) is 3.49. The van der Waals surface area contributed by atoms with E-state index >= 15 is 0 Å². The lowest BCUT2D eigenvalue weighted by Gasteiger charge is -2.27. The molecule has 3 aliphatic rings. The van der Waals surface area contributed by atoms with Gasteiger partial charge >= 0.3 is 0 Å². The Labute approximate surface area is 97.2 Å². The second kappa shape index (κ2) is 3.05. The van der Waals surface area contributed by atoms with Crippen molar-refractivity contribution in [2.24, 2.45) is 33.9 Å². The zero-order valence-corrected chi connectivity index (χ0v) is 9.05. The number of guanidine groups is 1. The van der Waals surface area contributed by atoms with Gasteiger partial charge in [-0.15, -0.1) is 0 Å². The molecule has 5 atom stereocenters. The van der Waals surface area contributed by atoms with Gasteiger partial charge in [-0.3, -0.25) is 15.5 Å². The van der Waals surface area contributed by atoms with E-state index in [2.05, 4.69) is 10.3 Å². The number of fused-ring (bicyclic) bond motifs is 3. The van der Waals surface area contributed by atoms with E-state index < -0.39 is 11.5 Å². The second-order valence-corrected chi connectivity index (χ2v) is 4.97. The number of carbonyl (C=O) groups is 1. The number of nitrogens with one attached hydrogen (secondary N) is 2. The van der Waals surface area contributed by atoms with Gasteiger partial charge in [-0.05, 0) is 12.3 Å². The van der Waals surface area contributed by atoms with Gasteiger partial charge in [0.05, 0.1) is 6.10 Å². The van der Waals surface area contributed by atoms with Crippen molar-refractivity contribution < 1.29 is 15.0 Å². The van der Waals surface area contributed by atoms with Crippen LogP contribution in [0.1, 0.15) is 6.42 Å². The standard InChI is InChI=1S/C10H14N4O3/c11-7-10(8(17)14-9(12)13-7)4-1-3(2-15)6(16)5(4)10/h3-6,15-16H,1-2H2,(H4,11,12,13,14,17)/t3-,4-,5-,6-,10?/m1/s1. The van der Waals surface area contributed by atoms with Gasteiger partial charge in [-0.2, -0.15) is 4.99 Å². The molecule has 17 heavy (non-hydrogen) atoms. The third-order valence-electron chi connectivity index (χ3n) is 4.32. The Hall–Kier alpha value is -1.47. The Kier molecular flexibility index (Phi) is 1.91. The number of aliphatic imine (C=N–C) groups is 1. The smallest absolute Gasteiger partial charge is 0.241 e. The summed E-state index contributed by atoms with van der Waals surface area (Å²) in [4.78, 5) is 15.8. The predicted molar refractivity (Wildman–Crippen MR) is 58.1 cm³/mol. The molecule has 1 aliphatic heterocycles. The Morgan fingerprint density at radius 3 is 2.82 bits per heavy atom. The summed E-state index contributed by atoms with van der Waals surface area (Å²) in [7, 11) is 0. The Balaban J connectivity index is 1.93. The van der Waals surface area contributed by atoms with Crippen molar-refractivity contribution in [1.29, 1.82) is 5.41 Å². The SMILES string of the molecule is N=C1N=C(N)NC(=O)C12[C@H]1[C@H](O)[C@@H](CO)C[C@H]12. The highest BCUT2D eigenvalue weighted by molar-refractivity contribution is 6.21. The monoisotopic (exact) mass is 238 g/mol. The van der Waals surface area contributed by atoms with Crippen LogP contribution in [0.2, 0.25) is 0 Å². The van der Waals surface area contributed by atoms with Crippen molar-refractivity contribution in [3.05, 3.63) is 0 Å². The zero-order valence-electron chi connectivity index (χ0n) is 9.05. The number of carbonyl (C=O) groups excluding carboxylic acids is 1. The number of rotatable bonds is 1. The van der Waals surface area contributed by atoms with Gasteiger partial charge in [0.1, 0.15) is 11.3 Å². The molecule has 0 radical (unpaired) electrons. The van der Waals surface area contributed by atoms with Gasteiger partial charge in [-0.1, -0.05) is 0 Å². The Bertz CT molecular complexity index is 449. The maximum atomic E-state index is 12.0. The summed E-state index contributed by atoms with van der Waals surface area (Å²) in [5.74, 6) is -1.07. The summed E-state index contributed by atoms with van der Waals surface area (Å²) in [6.07, 6.45) is -0.196. The van der Waals surface area contributed by atoms with E-state index in [0.29, 0.717) is 6.42 Å². The van der Waals surface area contributed by atoms with Crippen molar-refractivity contribution in [2.45, 2.75) is 12.5 Å². The average molecular weight is 238 g/mol. The quantitative estimate of drug-likeness (QED) is 0.362. The lowest BCUT2D eigenvalue weighted by atomic mass is 9.86. The van der Waals surface area contributed by atoms with Gasteiger partial charge in [0, 0.05) is 18.4 Å². The molecule has 6 N–H and O–H groups in total. The fourth-order valence-electron chi connectivity index (χ4n) is 3.49. The lowest BCUT2D eigenvalue weighted by Crippen LogP contribution is -2.52. The Morgan fingerprint density at radius 1 is 1.65 bits per heavy atom. The molecule has 2 fully saturated rings. The first-order valence-electron chi connectivity index (χ1n) is 5.57. The van der Waals surface area contributed by atoms with Crippen LogP contribution in [0.4, 0.5) is 0 Å². The van der Waals surface area contributed by atoms with E-state index in [9.17, 15) is 9.90 Å². The van der Waals surface area contributed by atoms with Crippen LogP contribution < -0.4 is 11.1 Å². The number of hydrogen-bond donors (Lipinski definition) is 5. The minimum atomic E-state index is -1.01. The first kappa shape index (κ1) is 10.7. The number of nitrogens with zero attached hydrogens (tertiary/aromatic N) is 1. The topological polar surface area (TPSA) is 132 Å². The van der Waals surface area contributed by atoms with E-state index in [1.807, 2.05) is 0 Å². The molecule has 0 aromatic carbocycles. The molecule has 0 bridgehead atoms. The number of amidine groups is 1. The van der Waals surface area contributed by atoms with E-state index in [-0.39, 0.29) is 42.1 Å². The largest absolute Gasteiger partial charge is 0.396 e. The highest BCUT2D eigenvalue weighted by Gasteiger charge is 2.78. The minimum absolute atomic E-state index is 0.0656. The second-order valence-electron chi connectivity index (χ2n) is 4.97. The Morgan fingerprint density at radius 2 is 2.35 bits per heavy atom. The molecule has 92 valence electrons. The van der Waals surface area contributed by atoms with Crippen molar-refractivity contribution in [3.63, 3.8) is 0 Å². The number of hydrogen-bond acceptors (Lipinski definition) is 5. The van der Waals surface area contributed by atoms with Crippen molar-refractivity contribution in [1.82, 2.24) is 5.32 Å². The molecule has 0 saturated heterocycles. The summed E-state index contributed by atoms with van der Waals surface area (Å²) >= 11 is 0. The van der Waals surface area contributed by atoms with Crippen LogP contribution in [0.15, 0.2) is 4.99 Å². The summed E-state index contributed by atoms with van der Waals surface area (Å²) in [5, 5.41) is 29.3. The summed E-state index contributed by atoms with van der Waals surface area (Å²) in [5.41, 5.74) is 4.37. The highest BCUT2D eigenvalue weighted by Crippen LogP contribution is 2.69. The van der Waals surface area contributed by atoms with Gasteiger partial charge < -0.3 is 15.9 Å². The van der Waals surface area contributed by atoms with Crippen molar-refractivity contribution in [2.75, 3.05) is 6.61 Å². The average Bonchev–Trinajstić information content (AvgIpc) is 2.80. The molecule has 1 unspecified atom stereocenters. The van der Waals surface area contributed by atoms with Crippen LogP contribution in [0, 0.1) is 28.6 Å². The molecule has 3 rings (SSSR count). The first-order valence-corrected chi connectivity index (χ1v) is 5.57. The lowest BCUT2D eigenvalue weighted by molar-refractivity contribution is -0.125. The molecule has 0 aromatic rings. The van der Waals surface area contributed by atoms with Crippen molar-refractivity contribution >= 4 is 17.7 Å². The van der Waals surface area contributed by atoms with Gasteiger partial charge in [0.25, 0.3) is 0 Å². The molecule has 7 heteroatoms. The normalized spacial score (nSPS) is 47.8.